The van der Waals surface area contributed by atoms with Gasteiger partial charge in [0.05, 0.1) is 5.56 Å². The Bertz CT molecular complexity index is 863. The van der Waals surface area contributed by atoms with Crippen LogP contribution in [-0.2, 0) is 0 Å². The first-order chi connectivity index (χ1) is 11.2. The molecule has 5 heteroatoms. The third-order valence-electron chi connectivity index (χ3n) is 3.38. The minimum atomic E-state index is 0.208. The molecule has 0 aliphatic heterocycles. The highest BCUT2D eigenvalue weighted by molar-refractivity contribution is 7.80. The number of phenolic OH excluding ortho intramolecular Hbond substituents is 1. The molecule has 0 heterocycles. The molecule has 3 aromatic rings. The number of phenols is 1. The van der Waals surface area contributed by atoms with E-state index in [2.05, 4.69) is 15.8 Å². The van der Waals surface area contributed by atoms with Crippen LogP contribution < -0.4 is 15.8 Å². The van der Waals surface area contributed by atoms with Crippen LogP contribution in [0.1, 0.15) is 5.56 Å². The van der Waals surface area contributed by atoms with Gasteiger partial charge in [-0.3, -0.25) is 0 Å². The van der Waals surface area contributed by atoms with Crippen molar-refractivity contribution in [3.05, 3.63) is 72.3 Å². The van der Waals surface area contributed by atoms with Crippen molar-refractivity contribution in [2.75, 3.05) is 5.32 Å². The van der Waals surface area contributed by atoms with Crippen LogP contribution in [0.4, 0.5) is 5.69 Å². The molecule has 3 rings (SSSR count). The Hall–Kier alpha value is -2.92. The lowest BCUT2D eigenvalue weighted by Gasteiger charge is -2.04. The van der Waals surface area contributed by atoms with Crippen molar-refractivity contribution in [3.63, 3.8) is 0 Å². The van der Waals surface area contributed by atoms with Crippen molar-refractivity contribution >= 4 is 40.0 Å². The van der Waals surface area contributed by atoms with E-state index >= 15 is 0 Å². The predicted molar refractivity (Wildman–Crippen MR) is 97.5 cm³/mol. The van der Waals surface area contributed by atoms with E-state index in [1.165, 1.54) is 0 Å². The molecule has 0 aliphatic carbocycles. The van der Waals surface area contributed by atoms with Crippen LogP contribution in [0.2, 0.25) is 0 Å². The van der Waals surface area contributed by atoms with Crippen molar-refractivity contribution in [2.24, 2.45) is 0 Å². The molecule has 0 saturated carbocycles. The van der Waals surface area contributed by atoms with Crippen LogP contribution in [0.15, 0.2) is 66.7 Å². The monoisotopic (exact) mass is 322 g/mol. The molecular weight excluding hydrogens is 306 g/mol. The van der Waals surface area contributed by atoms with Crippen LogP contribution in [0.5, 0.6) is 5.75 Å². The lowest BCUT2D eigenvalue weighted by atomic mass is 10.0. The molecule has 0 unspecified atom stereocenters. The number of thiocarbonyl (C=S) groups is 1. The van der Waals surface area contributed by atoms with Gasteiger partial charge in [0, 0.05) is 5.69 Å². The number of hydrogen-bond donors (Lipinski definition) is 4. The van der Waals surface area contributed by atoms with E-state index in [4.69, 9.17) is 12.2 Å². The van der Waals surface area contributed by atoms with Crippen LogP contribution in [0, 0.1) is 0 Å². The number of aromatic hydroxyl groups is 1. The highest BCUT2D eigenvalue weighted by Gasteiger charge is 2.07. The summed E-state index contributed by atoms with van der Waals surface area (Å²) in [7, 11) is 0. The average Bonchev–Trinajstić information content (AvgIpc) is 2.58. The van der Waals surface area contributed by atoms with Gasteiger partial charge in [-0.05, 0) is 41.2 Å². The summed E-state index contributed by atoms with van der Waals surface area (Å²) in [6.45, 7) is 0. The number of hydrazone groups is 1. The van der Waals surface area contributed by atoms with Crippen molar-refractivity contribution in [2.45, 2.75) is 0 Å². The van der Waals surface area contributed by atoms with Crippen LogP contribution in [0.25, 0.3) is 10.8 Å². The van der Waals surface area contributed by atoms with Gasteiger partial charge in [-0.1, -0.05) is 48.5 Å². The third-order valence-corrected chi connectivity index (χ3v) is 3.59. The minimum absolute atomic E-state index is 0.208. The molecule has 0 amide bonds. The van der Waals surface area contributed by atoms with Gasteiger partial charge >= 0.3 is 0 Å². The largest absolute Gasteiger partial charge is 0.507 e. The second kappa shape index (κ2) is 6.89. The molecule has 0 atom stereocenters. The van der Waals surface area contributed by atoms with Crippen molar-refractivity contribution in [1.82, 2.24) is 5.43 Å². The molecule has 0 fully saturated rings. The SMILES string of the molecule is Oc1ccc2ccccc2c1/C=[NH+]/NC(=S)Nc1ccccc1. The van der Waals surface area contributed by atoms with Gasteiger partial charge in [0.15, 0.2) is 0 Å². The van der Waals surface area contributed by atoms with Crippen LogP contribution in [0.3, 0.4) is 0 Å². The van der Waals surface area contributed by atoms with Gasteiger partial charge in [-0.2, -0.15) is 0 Å². The van der Waals surface area contributed by atoms with Crippen molar-refractivity contribution < 1.29 is 10.2 Å². The number of rotatable bonds is 3. The van der Waals surface area contributed by atoms with E-state index in [1.54, 1.807) is 12.3 Å². The molecule has 23 heavy (non-hydrogen) atoms. The lowest BCUT2D eigenvalue weighted by Crippen LogP contribution is -2.82. The highest BCUT2D eigenvalue weighted by atomic mass is 32.1. The first kappa shape index (κ1) is 15.0. The fourth-order valence-electron chi connectivity index (χ4n) is 2.29. The Balaban J connectivity index is 1.73. The van der Waals surface area contributed by atoms with Gasteiger partial charge in [0.2, 0.25) is 11.3 Å². The van der Waals surface area contributed by atoms with Gasteiger partial charge in [0.1, 0.15) is 5.75 Å². The number of hydrogen-bond acceptors (Lipinski definition) is 2. The summed E-state index contributed by atoms with van der Waals surface area (Å²) in [6.07, 6.45) is 1.69. The second-order valence-corrected chi connectivity index (χ2v) is 5.36. The van der Waals surface area contributed by atoms with E-state index in [0.717, 1.165) is 16.5 Å². The normalized spacial score (nSPS) is 10.8. The molecule has 0 spiro atoms. The molecule has 0 aliphatic rings. The van der Waals surface area contributed by atoms with E-state index in [-0.39, 0.29) is 5.75 Å². The number of para-hydroxylation sites is 1. The standard InChI is InChI=1S/C18H15N3OS/c22-17-11-10-13-6-4-5-9-15(13)16(17)12-19-21-18(23)20-14-7-2-1-3-8-14/h1-12,22H,(H2,20,21,23)/p+1/b19-12+. The summed E-state index contributed by atoms with van der Waals surface area (Å²) < 4.78 is 0. The number of fused-ring (bicyclic) bond motifs is 1. The lowest BCUT2D eigenvalue weighted by molar-refractivity contribution is -0.499. The smallest absolute Gasteiger partial charge is 0.228 e. The molecule has 0 aromatic heterocycles. The third kappa shape index (κ3) is 3.64. The van der Waals surface area contributed by atoms with E-state index in [0.29, 0.717) is 10.7 Å². The molecule has 0 saturated heterocycles. The summed E-state index contributed by atoms with van der Waals surface area (Å²) in [5.74, 6) is 0.208. The summed E-state index contributed by atoms with van der Waals surface area (Å²) in [6, 6.07) is 21.1. The van der Waals surface area contributed by atoms with E-state index in [1.807, 2.05) is 60.7 Å². The average molecular weight is 322 g/mol. The van der Waals surface area contributed by atoms with Gasteiger partial charge < -0.3 is 10.4 Å². The van der Waals surface area contributed by atoms with Gasteiger partial charge in [-0.15, -0.1) is 10.5 Å². The second-order valence-electron chi connectivity index (χ2n) is 4.95. The summed E-state index contributed by atoms with van der Waals surface area (Å²) in [5, 5.41) is 18.5. The van der Waals surface area contributed by atoms with E-state index in [9.17, 15) is 5.11 Å². The Morgan fingerprint density at radius 3 is 2.52 bits per heavy atom. The Kier molecular flexibility index (Phi) is 4.49. The zero-order valence-corrected chi connectivity index (χ0v) is 13.1. The van der Waals surface area contributed by atoms with Crippen molar-refractivity contribution in [1.29, 1.82) is 0 Å². The zero-order chi connectivity index (χ0) is 16.1. The van der Waals surface area contributed by atoms with Crippen LogP contribution in [-0.4, -0.2) is 16.4 Å². The summed E-state index contributed by atoms with van der Waals surface area (Å²) in [4.78, 5) is 0. The minimum Gasteiger partial charge on any atom is -0.507 e. The topological polar surface area (TPSA) is 58.3 Å². The molecule has 114 valence electrons. The zero-order valence-electron chi connectivity index (χ0n) is 12.3. The Labute approximate surface area is 139 Å². The summed E-state index contributed by atoms with van der Waals surface area (Å²) in [5.41, 5.74) is 4.48. The summed E-state index contributed by atoms with van der Waals surface area (Å²) >= 11 is 5.21. The first-order valence-corrected chi connectivity index (χ1v) is 7.56. The fraction of sp³-hybridized carbons (Fsp3) is 0. The highest BCUT2D eigenvalue weighted by Crippen LogP contribution is 2.24. The number of benzene rings is 3. The number of hydrazine groups is 1. The maximum atomic E-state index is 10.1. The number of nitrogens with one attached hydrogen (secondary N) is 3. The Morgan fingerprint density at radius 1 is 0.957 bits per heavy atom. The van der Waals surface area contributed by atoms with Gasteiger partial charge in [-0.25, -0.2) is 0 Å². The van der Waals surface area contributed by atoms with Crippen molar-refractivity contribution in [3.8, 4) is 5.75 Å². The van der Waals surface area contributed by atoms with Gasteiger partial charge in [0.25, 0.3) is 0 Å². The Morgan fingerprint density at radius 2 is 1.70 bits per heavy atom. The van der Waals surface area contributed by atoms with E-state index < -0.39 is 0 Å². The first-order valence-electron chi connectivity index (χ1n) is 7.15. The molecule has 4 N–H and O–H groups in total. The maximum Gasteiger partial charge on any atom is 0.228 e. The number of anilines is 1. The fourth-order valence-corrected chi connectivity index (χ4v) is 2.47. The molecule has 3 aromatic carbocycles. The quantitative estimate of drug-likeness (QED) is 0.338. The maximum absolute atomic E-state index is 10.1. The molecule has 0 bridgehead atoms. The van der Waals surface area contributed by atoms with Crippen LogP contribution >= 0.6 is 12.2 Å². The predicted octanol–water partition coefficient (Wildman–Crippen LogP) is 1.95. The molecular formula is C18H16N3OS+. The molecule has 0 radical (unpaired) electrons. The molecule has 4 nitrogen and oxygen atoms in total.